The summed E-state index contributed by atoms with van der Waals surface area (Å²) in [6.07, 6.45) is 0. The molecule has 0 heterocycles. The Bertz CT molecular complexity index is 49.0. The van der Waals surface area contributed by atoms with Gasteiger partial charge in [0.2, 0.25) is 0 Å². The minimum absolute atomic E-state index is 0. The second kappa shape index (κ2) is 47.6. The molecule has 0 aliphatic heterocycles. The van der Waals surface area contributed by atoms with Gasteiger partial charge in [-0.05, 0) is 6.47 Å². The first-order valence-electron chi connectivity index (χ1n) is 1.02. The molecular weight excluding hydrogens is 200 g/mol. The van der Waals surface area contributed by atoms with Gasteiger partial charge in [-0.15, -0.1) is 0 Å². The molecule has 0 aliphatic carbocycles. The molecule has 0 spiro atoms. The van der Waals surface area contributed by atoms with Crippen molar-refractivity contribution in [2.75, 3.05) is 0 Å². The Hall–Kier alpha value is 1.38. The van der Waals surface area contributed by atoms with Crippen LogP contribution in [0.25, 0.3) is 0 Å². The van der Waals surface area contributed by atoms with Gasteiger partial charge in [-0.2, -0.15) is 0 Å². The standard InChI is InChI=1S/CHO3.CHO2.2Ca.H2O/c2-1-4-3;2-1-3;;;/h3H;(H,2,3);;;1H2/q2*-1;2*+2;/p-1. The zero-order valence-electron chi connectivity index (χ0n) is 4.98. The van der Waals surface area contributed by atoms with Crippen LogP contribution in [0, 0.1) is 0 Å². The summed E-state index contributed by atoms with van der Waals surface area (Å²) < 4.78 is 0. The van der Waals surface area contributed by atoms with Crippen LogP contribution >= 0.6 is 0 Å². The number of carbonyl (C=O) groups excluding carboxylic acids is 1. The summed E-state index contributed by atoms with van der Waals surface area (Å²) in [5.41, 5.74) is 0. The van der Waals surface area contributed by atoms with Gasteiger partial charge in [0, 0.05) is 0 Å². The Morgan fingerprint density at radius 3 is 1.30 bits per heavy atom. The predicted octanol–water partition coefficient (Wildman–Crippen LogP) is -1.78. The molecule has 6 nitrogen and oxygen atoms in total. The summed E-state index contributed by atoms with van der Waals surface area (Å²) in [6, 6.07) is 0. The van der Waals surface area contributed by atoms with E-state index in [0.717, 1.165) is 6.47 Å². The Labute approximate surface area is 117 Å². The summed E-state index contributed by atoms with van der Waals surface area (Å²) in [4.78, 5) is 19.5. The van der Waals surface area contributed by atoms with Crippen LogP contribution in [0.2, 0.25) is 0 Å². The number of hydrogen-bond acceptors (Lipinski definition) is 5. The summed E-state index contributed by atoms with van der Waals surface area (Å²) in [5, 5.41) is 13.7. The van der Waals surface area contributed by atoms with Crippen LogP contribution in [-0.2, 0) is 14.5 Å². The van der Waals surface area contributed by atoms with Crippen molar-refractivity contribution in [3.05, 3.63) is 0 Å². The minimum Gasteiger partial charge on any atom is -0.870 e. The molecule has 0 rings (SSSR count). The molecule has 0 radical (unpaired) electrons. The summed E-state index contributed by atoms with van der Waals surface area (Å²) in [5.74, 6) is 0. The molecule has 10 heavy (non-hydrogen) atoms. The summed E-state index contributed by atoms with van der Waals surface area (Å²) >= 11 is 0. The second-order valence-electron chi connectivity index (χ2n) is 0.266. The van der Waals surface area contributed by atoms with E-state index in [2.05, 4.69) is 4.89 Å². The zero-order chi connectivity index (χ0) is 6.12. The van der Waals surface area contributed by atoms with Crippen molar-refractivity contribution in [3.63, 3.8) is 0 Å². The maximum atomic E-state index is 8.58. The van der Waals surface area contributed by atoms with Gasteiger partial charge in [0.25, 0.3) is 0 Å². The first-order valence-corrected chi connectivity index (χ1v) is 1.02. The maximum absolute atomic E-state index is 8.58. The predicted molar refractivity (Wildman–Crippen MR) is 31.2 cm³/mol. The van der Waals surface area contributed by atoms with E-state index in [-0.39, 0.29) is 81.0 Å². The van der Waals surface area contributed by atoms with E-state index in [0.29, 0.717) is 6.47 Å². The molecule has 0 aromatic heterocycles. The third-order valence-electron chi connectivity index (χ3n) is 0.0373. The normalized spacial score (nSPS) is 3.30. The van der Waals surface area contributed by atoms with Gasteiger partial charge in [0.05, 0.1) is 0 Å². The molecule has 0 amide bonds. The zero-order valence-corrected chi connectivity index (χ0v) is 9.40. The molecule has 0 fully saturated rings. The molecule has 0 unspecified atom stereocenters. The van der Waals surface area contributed by atoms with Crippen LogP contribution in [0.1, 0.15) is 0 Å². The molecule has 50 valence electrons. The average molecular weight is 203 g/mol. The molecule has 0 aromatic carbocycles. The van der Waals surface area contributed by atoms with E-state index in [9.17, 15) is 0 Å². The molecule has 0 bridgehead atoms. The van der Waals surface area contributed by atoms with Crippen molar-refractivity contribution < 1.29 is 30.3 Å². The van der Waals surface area contributed by atoms with E-state index in [1.807, 2.05) is 0 Å². The molecule has 0 aromatic rings. The molecule has 0 saturated carbocycles. The Kier molecular flexibility index (Phi) is 143. The quantitative estimate of drug-likeness (QED) is 0.225. The van der Waals surface area contributed by atoms with E-state index < -0.39 is 0 Å². The van der Waals surface area contributed by atoms with Crippen molar-refractivity contribution >= 4 is 88.4 Å². The Balaban J connectivity index is -0.0000000131. The number of rotatable bonds is 1. The van der Waals surface area contributed by atoms with Gasteiger partial charge in [0.15, 0.2) is 0 Å². The van der Waals surface area contributed by atoms with Gasteiger partial charge >= 0.3 is 75.5 Å². The molecular formula is C2H3Ca2O6+. The average Bonchev–Trinajstić information content (AvgIpc) is 1.69. The van der Waals surface area contributed by atoms with E-state index >= 15 is 0 Å². The van der Waals surface area contributed by atoms with Crippen LogP contribution in [0.5, 0.6) is 0 Å². The molecule has 0 aliphatic rings. The van der Waals surface area contributed by atoms with E-state index in [4.69, 9.17) is 20.0 Å². The maximum Gasteiger partial charge on any atom is 2.00 e. The smallest absolute Gasteiger partial charge is 0.870 e. The fourth-order valence-electron chi connectivity index (χ4n) is 0. The van der Waals surface area contributed by atoms with Gasteiger partial charge in [-0.25, -0.2) is 5.26 Å². The van der Waals surface area contributed by atoms with Crippen LogP contribution < -0.4 is 0 Å². The van der Waals surface area contributed by atoms with E-state index in [1.54, 1.807) is 0 Å². The first-order chi connectivity index (χ1) is 3.33. The van der Waals surface area contributed by atoms with Crippen molar-refractivity contribution in [1.82, 2.24) is 0 Å². The fourth-order valence-corrected chi connectivity index (χ4v) is 0. The summed E-state index contributed by atoms with van der Waals surface area (Å²) in [7, 11) is 0. The Morgan fingerprint density at radius 1 is 1.20 bits per heavy atom. The second-order valence-corrected chi connectivity index (χ2v) is 0.266. The fraction of sp³-hybridized carbons (Fsp3) is 0. The van der Waals surface area contributed by atoms with Crippen LogP contribution in [-0.4, -0.2) is 104 Å². The van der Waals surface area contributed by atoms with Gasteiger partial charge < -0.3 is 25.1 Å². The van der Waals surface area contributed by atoms with Crippen molar-refractivity contribution in [3.8, 4) is 0 Å². The van der Waals surface area contributed by atoms with Gasteiger partial charge in [-0.3, -0.25) is 0 Å². The van der Waals surface area contributed by atoms with Crippen molar-refractivity contribution in [2.24, 2.45) is 0 Å². The molecule has 3 N–H and O–H groups in total. The number of aliphatic hydroxyl groups excluding tert-OH is 1. The van der Waals surface area contributed by atoms with Crippen LogP contribution in [0.15, 0.2) is 0 Å². The topological polar surface area (TPSA) is 114 Å². The molecule has 0 atom stereocenters. The monoisotopic (exact) mass is 203 g/mol. The third kappa shape index (κ3) is 116. The molecule has 8 heteroatoms. The first kappa shape index (κ1) is 30.1. The van der Waals surface area contributed by atoms with Crippen molar-refractivity contribution in [1.29, 1.82) is 0 Å². The number of hydrogen-bond donors (Lipinski definition) is 2. The third-order valence-corrected chi connectivity index (χ3v) is 0.0373. The molecule has 0 saturated heterocycles. The van der Waals surface area contributed by atoms with Crippen LogP contribution in [0.4, 0.5) is 0 Å². The van der Waals surface area contributed by atoms with Gasteiger partial charge in [-0.1, -0.05) is 6.47 Å². The van der Waals surface area contributed by atoms with Crippen molar-refractivity contribution in [2.45, 2.75) is 0 Å². The van der Waals surface area contributed by atoms with E-state index in [1.165, 1.54) is 0 Å². The Morgan fingerprint density at radius 2 is 1.30 bits per heavy atom. The van der Waals surface area contributed by atoms with Crippen LogP contribution in [0.3, 0.4) is 0 Å². The summed E-state index contributed by atoms with van der Waals surface area (Å²) in [6.45, 7) is 1.24. The largest absolute Gasteiger partial charge is 2.00 e. The van der Waals surface area contributed by atoms with Gasteiger partial charge in [0.1, 0.15) is 0 Å². The SMILES string of the molecule is O=[C-]O.O=[C-]OO.[Ca+2].[Ca+2].[OH-]. The minimum atomic E-state index is 0.